The molecule has 0 saturated heterocycles. The van der Waals surface area contributed by atoms with Crippen molar-refractivity contribution >= 4 is 44.2 Å². The van der Waals surface area contributed by atoms with Crippen LogP contribution in [0.4, 0.5) is 4.79 Å². The second-order valence-corrected chi connectivity index (χ2v) is 4.64. The Labute approximate surface area is 115 Å². The van der Waals surface area contributed by atoms with Gasteiger partial charge in [0.2, 0.25) is 0 Å². The third kappa shape index (κ3) is 4.01. The zero-order valence-electron chi connectivity index (χ0n) is 9.16. The first-order valence-electron chi connectivity index (χ1n) is 4.48. The van der Waals surface area contributed by atoms with Crippen molar-refractivity contribution in [3.8, 4) is 5.75 Å². The van der Waals surface area contributed by atoms with Crippen LogP contribution < -0.4 is 10.2 Å². The summed E-state index contributed by atoms with van der Waals surface area (Å²) in [6.07, 6.45) is 0.833. The molecule has 0 aromatic heterocycles. The lowest BCUT2D eigenvalue weighted by Crippen LogP contribution is -2.16. The number of hydrazone groups is 1. The van der Waals surface area contributed by atoms with Crippen molar-refractivity contribution < 1.29 is 14.3 Å². The van der Waals surface area contributed by atoms with Gasteiger partial charge < -0.3 is 9.47 Å². The quantitative estimate of drug-likeness (QED) is 0.661. The lowest BCUT2D eigenvalue weighted by atomic mass is 10.2. The highest BCUT2D eigenvalue weighted by Gasteiger charge is 2.07. The van der Waals surface area contributed by atoms with Crippen LogP contribution in [0.1, 0.15) is 5.56 Å². The first-order valence-corrected chi connectivity index (χ1v) is 6.07. The van der Waals surface area contributed by atoms with Gasteiger partial charge in [0.15, 0.2) is 0 Å². The van der Waals surface area contributed by atoms with Gasteiger partial charge in [0.1, 0.15) is 5.75 Å². The first-order chi connectivity index (χ1) is 8.08. The van der Waals surface area contributed by atoms with Crippen LogP contribution in [0.3, 0.4) is 0 Å². The topological polar surface area (TPSA) is 59.9 Å². The molecule has 0 atom stereocenters. The number of nitrogens with zero attached hydrogens (tertiary/aromatic N) is 1. The Hall–Kier alpha value is -1.08. The molecule has 1 N–H and O–H groups in total. The summed E-state index contributed by atoms with van der Waals surface area (Å²) in [6.45, 7) is 0. The number of rotatable bonds is 3. The lowest BCUT2D eigenvalue weighted by Gasteiger charge is -2.07. The van der Waals surface area contributed by atoms with E-state index in [0.29, 0.717) is 11.3 Å². The minimum absolute atomic E-state index is 0.628. The van der Waals surface area contributed by atoms with Gasteiger partial charge in [0.05, 0.1) is 24.9 Å². The summed E-state index contributed by atoms with van der Waals surface area (Å²) in [5, 5.41) is 3.73. The minimum atomic E-state index is -0.630. The molecule has 1 aromatic rings. The van der Waals surface area contributed by atoms with E-state index in [4.69, 9.17) is 4.74 Å². The van der Waals surface area contributed by atoms with Crippen molar-refractivity contribution in [1.82, 2.24) is 5.43 Å². The first kappa shape index (κ1) is 14.0. The fourth-order valence-electron chi connectivity index (χ4n) is 1.09. The smallest absolute Gasteiger partial charge is 0.427 e. The van der Waals surface area contributed by atoms with Crippen molar-refractivity contribution in [2.45, 2.75) is 0 Å². The fraction of sp³-hybridized carbons (Fsp3) is 0.200. The van der Waals surface area contributed by atoms with Gasteiger partial charge >= 0.3 is 6.09 Å². The summed E-state index contributed by atoms with van der Waals surface area (Å²) >= 11 is 6.72. The lowest BCUT2D eigenvalue weighted by molar-refractivity contribution is 0.171. The zero-order chi connectivity index (χ0) is 12.8. The third-order valence-corrected chi connectivity index (χ3v) is 2.83. The highest BCUT2D eigenvalue weighted by atomic mass is 79.9. The molecule has 0 unspecified atom stereocenters. The second kappa shape index (κ2) is 6.61. The predicted molar refractivity (Wildman–Crippen MR) is 71.5 cm³/mol. The molecule has 5 nitrogen and oxygen atoms in total. The Kier molecular flexibility index (Phi) is 5.43. The number of methoxy groups -OCH3 is 2. The van der Waals surface area contributed by atoms with Crippen LogP contribution in [-0.4, -0.2) is 26.5 Å². The van der Waals surface area contributed by atoms with Crippen LogP contribution in [0.2, 0.25) is 0 Å². The Morgan fingerprint density at radius 2 is 2.12 bits per heavy atom. The van der Waals surface area contributed by atoms with Crippen LogP contribution >= 0.6 is 31.9 Å². The van der Waals surface area contributed by atoms with E-state index in [0.717, 1.165) is 8.95 Å². The number of carbonyl (C=O) groups excluding carboxylic acids is 1. The monoisotopic (exact) mass is 364 g/mol. The van der Waals surface area contributed by atoms with Gasteiger partial charge in [-0.3, -0.25) is 0 Å². The van der Waals surface area contributed by atoms with E-state index in [9.17, 15) is 4.79 Å². The summed E-state index contributed by atoms with van der Waals surface area (Å²) in [5.41, 5.74) is 2.91. The molecule has 17 heavy (non-hydrogen) atoms. The average Bonchev–Trinajstić information content (AvgIpc) is 2.28. The van der Waals surface area contributed by atoms with Gasteiger partial charge in [-0.2, -0.15) is 5.10 Å². The van der Waals surface area contributed by atoms with Gasteiger partial charge in [-0.15, -0.1) is 0 Å². The van der Waals surface area contributed by atoms with E-state index >= 15 is 0 Å². The Bertz CT molecular complexity index is 449. The van der Waals surface area contributed by atoms with Crippen molar-refractivity contribution in [3.05, 3.63) is 26.6 Å². The summed E-state index contributed by atoms with van der Waals surface area (Å²) in [6, 6.07) is 3.66. The molecule has 0 saturated carbocycles. The molecule has 1 rings (SSSR count). The number of hydrogen-bond acceptors (Lipinski definition) is 4. The van der Waals surface area contributed by atoms with Crippen LogP contribution in [0.5, 0.6) is 5.75 Å². The molecule has 0 fully saturated rings. The summed E-state index contributed by atoms with van der Waals surface area (Å²) < 4.78 is 11.2. The van der Waals surface area contributed by atoms with E-state index in [2.05, 4.69) is 47.1 Å². The maximum absolute atomic E-state index is 10.8. The fourth-order valence-corrected chi connectivity index (χ4v) is 2.51. The molecule has 7 heteroatoms. The van der Waals surface area contributed by atoms with E-state index in [-0.39, 0.29) is 0 Å². The van der Waals surface area contributed by atoms with Crippen LogP contribution in [0.25, 0.3) is 0 Å². The van der Waals surface area contributed by atoms with Crippen LogP contribution in [0, 0.1) is 0 Å². The molecule has 0 radical (unpaired) electrons. The molecule has 0 bridgehead atoms. The van der Waals surface area contributed by atoms with Gasteiger partial charge in [-0.05, 0) is 28.1 Å². The average molecular weight is 366 g/mol. The Morgan fingerprint density at radius 1 is 1.41 bits per heavy atom. The van der Waals surface area contributed by atoms with E-state index < -0.39 is 6.09 Å². The molecular formula is C10H10Br2N2O3. The summed E-state index contributed by atoms with van der Waals surface area (Å²) in [5.74, 6) is 0.628. The molecule has 1 amide bonds. The second-order valence-electron chi connectivity index (χ2n) is 2.87. The summed E-state index contributed by atoms with van der Waals surface area (Å²) in [7, 11) is 2.82. The molecule has 0 heterocycles. The predicted octanol–water partition coefficient (Wildman–Crippen LogP) is 2.91. The third-order valence-electron chi connectivity index (χ3n) is 1.79. The van der Waals surface area contributed by atoms with Gasteiger partial charge in [0.25, 0.3) is 0 Å². The molecule has 92 valence electrons. The maximum atomic E-state index is 10.8. The molecule has 0 spiro atoms. The highest BCUT2D eigenvalue weighted by Crippen LogP contribution is 2.31. The van der Waals surface area contributed by atoms with Crippen LogP contribution in [0.15, 0.2) is 26.2 Å². The number of benzene rings is 1. The zero-order valence-corrected chi connectivity index (χ0v) is 12.3. The van der Waals surface area contributed by atoms with Crippen LogP contribution in [-0.2, 0) is 4.74 Å². The van der Waals surface area contributed by atoms with Gasteiger partial charge in [0, 0.05) is 10.0 Å². The number of halogens is 2. The number of hydrogen-bond donors (Lipinski definition) is 1. The van der Waals surface area contributed by atoms with Crippen molar-refractivity contribution in [1.29, 1.82) is 0 Å². The number of carbonyl (C=O) groups is 1. The maximum Gasteiger partial charge on any atom is 0.427 e. The van der Waals surface area contributed by atoms with E-state index in [1.54, 1.807) is 7.11 Å². The van der Waals surface area contributed by atoms with Crippen molar-refractivity contribution in [2.75, 3.05) is 14.2 Å². The van der Waals surface area contributed by atoms with Crippen molar-refractivity contribution in [3.63, 3.8) is 0 Å². The number of ether oxygens (including phenoxy) is 2. The molecule has 1 aromatic carbocycles. The Morgan fingerprint density at radius 3 is 2.71 bits per heavy atom. The summed E-state index contributed by atoms with van der Waals surface area (Å²) in [4.78, 5) is 10.8. The molecule has 0 aliphatic carbocycles. The van der Waals surface area contributed by atoms with E-state index in [1.807, 2.05) is 12.1 Å². The van der Waals surface area contributed by atoms with E-state index in [1.165, 1.54) is 13.3 Å². The largest absolute Gasteiger partial charge is 0.495 e. The minimum Gasteiger partial charge on any atom is -0.495 e. The van der Waals surface area contributed by atoms with Gasteiger partial charge in [-0.25, -0.2) is 10.2 Å². The standard InChI is InChI=1S/C10H10Br2N2O3/c1-16-9-6(3-7(11)4-8(9)12)5-13-14-10(15)17-2/h3-5H,1-2H3,(H,14,15). The number of nitrogens with one attached hydrogen (secondary N) is 1. The SMILES string of the molecule is COC(=O)NN=Cc1cc(Br)cc(Br)c1OC. The molecule has 0 aliphatic heterocycles. The number of amides is 1. The molecule has 0 aliphatic rings. The molecular weight excluding hydrogens is 356 g/mol. The normalized spacial score (nSPS) is 10.4. The van der Waals surface area contributed by atoms with Crippen molar-refractivity contribution in [2.24, 2.45) is 5.10 Å². The highest BCUT2D eigenvalue weighted by molar-refractivity contribution is 9.11. The Balaban J connectivity index is 2.93. The van der Waals surface area contributed by atoms with Gasteiger partial charge in [-0.1, -0.05) is 15.9 Å².